The third kappa shape index (κ3) is 3.09. The molecule has 0 aliphatic carbocycles. The summed E-state index contributed by atoms with van der Waals surface area (Å²) in [5.41, 5.74) is 6.60. The van der Waals surface area contributed by atoms with Crippen molar-refractivity contribution in [3.8, 4) is 0 Å². The highest BCUT2D eigenvalue weighted by atomic mass is 32.3. The molecule has 17 heteroatoms. The van der Waals surface area contributed by atoms with Crippen molar-refractivity contribution < 1.29 is 26.6 Å². The lowest BCUT2D eigenvalue weighted by Gasteiger charge is -2.30. The summed E-state index contributed by atoms with van der Waals surface area (Å²) in [7, 11) is -3.33. The van der Waals surface area contributed by atoms with Crippen molar-refractivity contribution in [3.63, 3.8) is 0 Å². The Kier molecular flexibility index (Phi) is 4.19. The summed E-state index contributed by atoms with van der Waals surface area (Å²) in [5, 5.41) is 10.7. The first-order valence-corrected chi connectivity index (χ1v) is 10.9. The Morgan fingerprint density at radius 1 is 1.42 bits per heavy atom. The number of aromatic nitrogens is 5. The lowest BCUT2D eigenvalue weighted by Crippen LogP contribution is -2.38. The third-order valence-corrected chi connectivity index (χ3v) is 6.23. The molecule has 15 nitrogen and oxygen atoms in total. The Balaban J connectivity index is 1.62. The van der Waals surface area contributed by atoms with E-state index in [2.05, 4.69) is 19.5 Å². The molecule has 5 rings (SSSR count). The van der Waals surface area contributed by atoms with Crippen LogP contribution in [0.3, 0.4) is 0 Å². The smallest absolute Gasteiger partial charge is 0.383 e. The number of rotatable bonds is 5. The van der Waals surface area contributed by atoms with Crippen molar-refractivity contribution in [3.05, 3.63) is 44.2 Å². The molecule has 2 atom stereocenters. The number of aryl methyl sites for hydroxylation is 1. The minimum absolute atomic E-state index is 0.0000886. The number of nitrogens with zero attached hydrogens (tertiary/aromatic N) is 7. The molecular formula is C14H14N8O7S2. The summed E-state index contributed by atoms with van der Waals surface area (Å²) in [6, 6.07) is -2.63. The quantitative estimate of drug-likeness (QED) is 0.447. The number of hydrogen-bond acceptors (Lipinski definition) is 11. The van der Waals surface area contributed by atoms with Crippen LogP contribution in [0.25, 0.3) is 0 Å². The highest BCUT2D eigenvalue weighted by Gasteiger charge is 2.53. The van der Waals surface area contributed by atoms with Crippen LogP contribution in [0.2, 0.25) is 0 Å². The lowest BCUT2D eigenvalue weighted by atomic mass is 9.97. The van der Waals surface area contributed by atoms with E-state index < -0.39 is 34.3 Å². The van der Waals surface area contributed by atoms with Crippen molar-refractivity contribution in [1.29, 1.82) is 0 Å². The Bertz CT molecular complexity index is 1350. The Hall–Kier alpha value is -3.28. The molecule has 0 aromatic carbocycles. The fourth-order valence-electron chi connectivity index (χ4n) is 3.84. The van der Waals surface area contributed by atoms with Gasteiger partial charge in [-0.3, -0.25) is 18.3 Å². The van der Waals surface area contributed by atoms with Gasteiger partial charge in [-0.25, -0.2) is 14.6 Å². The molecule has 3 aromatic rings. The van der Waals surface area contributed by atoms with Gasteiger partial charge in [0.15, 0.2) is 5.82 Å². The van der Waals surface area contributed by atoms with Gasteiger partial charge in [-0.15, -0.1) is 15.6 Å². The standard InChI is InChI=1S/C14H14N8O7S2/c1-19-10-6(2-16-19)7-3-20(13(23)22(7)29-31(25,26)27)11(10)12-18-28-14(24)21(12)4-9-17-8(15)5-30-9/h2,5,7,11H,3-4,15H2,1H3,(H,25,26,27). The minimum Gasteiger partial charge on any atom is -0.383 e. The van der Waals surface area contributed by atoms with Crippen LogP contribution < -0.4 is 11.5 Å². The highest BCUT2D eigenvalue weighted by molar-refractivity contribution is 7.80. The molecule has 0 saturated carbocycles. The van der Waals surface area contributed by atoms with Crippen molar-refractivity contribution >= 4 is 33.6 Å². The van der Waals surface area contributed by atoms with Gasteiger partial charge in [-0.1, -0.05) is 5.16 Å². The number of fused-ring (bicyclic) bond motifs is 4. The fraction of sp³-hybridized carbons (Fsp3) is 0.357. The van der Waals surface area contributed by atoms with Gasteiger partial charge in [0.2, 0.25) is 0 Å². The number of carbonyl (C=O) groups is 1. The summed E-state index contributed by atoms with van der Waals surface area (Å²) >= 11 is 1.24. The molecule has 1 fully saturated rings. The second kappa shape index (κ2) is 6.61. The van der Waals surface area contributed by atoms with Gasteiger partial charge >= 0.3 is 22.2 Å². The van der Waals surface area contributed by atoms with Gasteiger partial charge in [-0.2, -0.15) is 18.6 Å². The number of hydroxylamine groups is 2. The molecule has 2 amide bonds. The van der Waals surface area contributed by atoms with Crippen LogP contribution in [-0.4, -0.2) is 60.0 Å². The third-order valence-electron chi connectivity index (χ3n) is 5.03. The number of hydrogen-bond donors (Lipinski definition) is 2. The maximum atomic E-state index is 13.0. The average molecular weight is 470 g/mol. The number of anilines is 1. The van der Waals surface area contributed by atoms with Gasteiger partial charge in [0.05, 0.1) is 25.0 Å². The normalized spacial score (nSPS) is 20.5. The molecular weight excluding hydrogens is 456 g/mol. The predicted octanol–water partition coefficient (Wildman–Crippen LogP) is -0.727. The van der Waals surface area contributed by atoms with E-state index in [1.54, 1.807) is 12.4 Å². The van der Waals surface area contributed by atoms with E-state index in [0.29, 0.717) is 27.1 Å². The maximum Gasteiger partial charge on any atom is 0.442 e. The molecule has 2 aliphatic rings. The topological polar surface area (TPSA) is 192 Å². The summed E-state index contributed by atoms with van der Waals surface area (Å²) in [4.78, 5) is 30.7. The van der Waals surface area contributed by atoms with Crippen molar-refractivity contribution in [2.24, 2.45) is 7.05 Å². The fourth-order valence-corrected chi connectivity index (χ4v) is 4.88. The van der Waals surface area contributed by atoms with E-state index in [1.165, 1.54) is 31.7 Å². The van der Waals surface area contributed by atoms with Gasteiger partial charge in [-0.05, 0) is 0 Å². The summed E-state index contributed by atoms with van der Waals surface area (Å²) in [5.74, 6) is -0.385. The number of amides is 2. The van der Waals surface area contributed by atoms with Crippen LogP contribution in [0.5, 0.6) is 0 Å². The first kappa shape index (κ1) is 19.7. The van der Waals surface area contributed by atoms with Gasteiger partial charge in [0.25, 0.3) is 0 Å². The van der Waals surface area contributed by atoms with E-state index in [1.807, 2.05) is 0 Å². The molecule has 2 unspecified atom stereocenters. The molecule has 164 valence electrons. The van der Waals surface area contributed by atoms with Crippen LogP contribution in [-0.2, 0) is 28.3 Å². The van der Waals surface area contributed by atoms with Crippen molar-refractivity contribution in [2.45, 2.75) is 18.6 Å². The number of thiazole rings is 1. The molecule has 3 aromatic heterocycles. The van der Waals surface area contributed by atoms with E-state index in [0.717, 1.165) is 0 Å². The maximum absolute atomic E-state index is 13.0. The van der Waals surface area contributed by atoms with E-state index in [4.69, 9.17) is 14.8 Å². The zero-order valence-corrected chi connectivity index (χ0v) is 17.3. The van der Waals surface area contributed by atoms with Crippen LogP contribution in [0.15, 0.2) is 20.9 Å². The molecule has 1 saturated heterocycles. The number of nitrogens with two attached hydrogens (primary N) is 1. The molecule has 31 heavy (non-hydrogen) atoms. The average Bonchev–Trinajstić information content (AvgIpc) is 3.43. The van der Waals surface area contributed by atoms with E-state index in [-0.39, 0.29) is 18.9 Å². The Morgan fingerprint density at radius 3 is 2.87 bits per heavy atom. The van der Waals surface area contributed by atoms with Crippen LogP contribution >= 0.6 is 11.3 Å². The van der Waals surface area contributed by atoms with Gasteiger partial charge in [0.1, 0.15) is 22.9 Å². The van der Waals surface area contributed by atoms with Gasteiger partial charge < -0.3 is 10.6 Å². The Morgan fingerprint density at radius 2 is 2.19 bits per heavy atom. The Labute approximate surface area is 177 Å². The molecule has 0 spiro atoms. The van der Waals surface area contributed by atoms with Crippen molar-refractivity contribution in [2.75, 3.05) is 12.3 Å². The molecule has 0 radical (unpaired) electrons. The summed E-state index contributed by atoms with van der Waals surface area (Å²) in [6.07, 6.45) is 1.45. The van der Waals surface area contributed by atoms with Crippen LogP contribution in [0, 0.1) is 0 Å². The SMILES string of the molecule is Cn1ncc2c1C(c1noc(=O)n1Cc1nc(N)cs1)N1CC2N(OS(=O)(=O)O)C1=O. The lowest BCUT2D eigenvalue weighted by molar-refractivity contribution is -0.0317. The summed E-state index contributed by atoms with van der Waals surface area (Å²) in [6.45, 7) is 0.00285. The van der Waals surface area contributed by atoms with E-state index in [9.17, 15) is 18.0 Å². The molecule has 3 N–H and O–H groups in total. The van der Waals surface area contributed by atoms with Crippen molar-refractivity contribution in [1.82, 2.24) is 34.5 Å². The highest BCUT2D eigenvalue weighted by Crippen LogP contribution is 2.46. The second-order valence-electron chi connectivity index (χ2n) is 6.85. The predicted molar refractivity (Wildman–Crippen MR) is 101 cm³/mol. The molecule has 2 aliphatic heterocycles. The molecule has 5 heterocycles. The van der Waals surface area contributed by atoms with Crippen LogP contribution in [0.4, 0.5) is 10.6 Å². The summed E-state index contributed by atoms with van der Waals surface area (Å²) < 4.78 is 43.7. The largest absolute Gasteiger partial charge is 0.442 e. The van der Waals surface area contributed by atoms with Gasteiger partial charge in [0, 0.05) is 18.0 Å². The number of nitrogen functional groups attached to an aromatic ring is 1. The monoisotopic (exact) mass is 470 g/mol. The molecule has 2 bridgehead atoms. The van der Waals surface area contributed by atoms with Crippen LogP contribution in [0.1, 0.15) is 34.2 Å². The number of urea groups is 1. The second-order valence-corrected chi connectivity index (χ2v) is 8.80. The van der Waals surface area contributed by atoms with E-state index >= 15 is 0 Å². The zero-order chi connectivity index (χ0) is 22.1. The first-order valence-electron chi connectivity index (χ1n) is 8.69. The minimum atomic E-state index is -4.96. The number of carbonyl (C=O) groups excluding carboxylic acids is 1. The first-order chi connectivity index (χ1) is 14.6. The zero-order valence-electron chi connectivity index (χ0n) is 15.6.